The van der Waals surface area contributed by atoms with Gasteiger partial charge in [-0.2, -0.15) is 0 Å². The van der Waals surface area contributed by atoms with Crippen molar-refractivity contribution in [1.82, 2.24) is 15.3 Å². The highest BCUT2D eigenvalue weighted by atomic mass is 16.4. The van der Waals surface area contributed by atoms with Crippen molar-refractivity contribution in [2.24, 2.45) is 0 Å². The minimum Gasteiger partial charge on any atom is -0.478 e. The van der Waals surface area contributed by atoms with Crippen molar-refractivity contribution < 1.29 is 14.7 Å². The van der Waals surface area contributed by atoms with Crippen LogP contribution in [0.3, 0.4) is 0 Å². The lowest BCUT2D eigenvalue weighted by Crippen LogP contribution is -2.22. The number of nitrogens with one attached hydrogen (secondary N) is 2. The summed E-state index contributed by atoms with van der Waals surface area (Å²) >= 11 is 0. The number of nitrogens with zero attached hydrogens (tertiary/aromatic N) is 2. The average molecular weight is 374 g/mol. The average Bonchev–Trinajstić information content (AvgIpc) is 2.72. The quantitative estimate of drug-likeness (QED) is 0.549. The molecule has 7 heteroatoms. The van der Waals surface area contributed by atoms with Crippen LogP contribution in [0.4, 0.5) is 11.6 Å². The molecule has 28 heavy (non-hydrogen) atoms. The molecule has 3 rings (SSSR count). The number of amides is 1. The van der Waals surface area contributed by atoms with Gasteiger partial charge in [0.2, 0.25) is 5.95 Å². The van der Waals surface area contributed by atoms with E-state index in [1.807, 2.05) is 24.3 Å². The van der Waals surface area contributed by atoms with Crippen molar-refractivity contribution in [3.8, 4) is 0 Å². The lowest BCUT2D eigenvalue weighted by molar-refractivity contribution is -0.131. The van der Waals surface area contributed by atoms with Gasteiger partial charge in [-0.25, -0.2) is 14.8 Å². The smallest absolute Gasteiger partial charge is 0.328 e. The maximum atomic E-state index is 12.5. The number of carbonyl (C=O) groups excluding carboxylic acids is 1. The van der Waals surface area contributed by atoms with Crippen molar-refractivity contribution >= 4 is 29.6 Å². The molecule has 0 aliphatic heterocycles. The van der Waals surface area contributed by atoms with Gasteiger partial charge >= 0.3 is 5.97 Å². The third-order valence-electron chi connectivity index (χ3n) is 3.77. The zero-order valence-corrected chi connectivity index (χ0v) is 14.9. The molecule has 1 amide bonds. The minimum atomic E-state index is -1.01. The summed E-state index contributed by atoms with van der Waals surface area (Å²) in [6.45, 7) is 0.326. The second-order valence-electron chi connectivity index (χ2n) is 5.88. The highest BCUT2D eigenvalue weighted by molar-refractivity contribution is 5.95. The third-order valence-corrected chi connectivity index (χ3v) is 3.77. The first-order chi connectivity index (χ1) is 13.6. The first-order valence-corrected chi connectivity index (χ1v) is 8.52. The topological polar surface area (TPSA) is 104 Å². The van der Waals surface area contributed by atoms with Gasteiger partial charge in [0, 0.05) is 36.3 Å². The molecular formula is C21H18N4O3. The third kappa shape index (κ3) is 5.50. The molecule has 0 fully saturated rings. The molecule has 3 N–H and O–H groups in total. The van der Waals surface area contributed by atoms with E-state index in [0.29, 0.717) is 23.7 Å². The van der Waals surface area contributed by atoms with E-state index in [1.165, 1.54) is 6.08 Å². The van der Waals surface area contributed by atoms with Gasteiger partial charge in [0.25, 0.3) is 5.91 Å². The van der Waals surface area contributed by atoms with Crippen LogP contribution in [0.25, 0.3) is 6.08 Å². The minimum absolute atomic E-state index is 0.218. The molecule has 1 aromatic heterocycles. The fourth-order valence-electron chi connectivity index (χ4n) is 2.49. The highest BCUT2D eigenvalue weighted by Gasteiger charge is 2.07. The molecular weight excluding hydrogens is 356 g/mol. The summed E-state index contributed by atoms with van der Waals surface area (Å²) in [7, 11) is 0. The molecule has 0 radical (unpaired) electrons. The van der Waals surface area contributed by atoms with E-state index >= 15 is 0 Å². The monoisotopic (exact) mass is 374 g/mol. The molecule has 3 aromatic rings. The number of carbonyl (C=O) groups is 2. The number of aromatic nitrogens is 2. The van der Waals surface area contributed by atoms with Crippen molar-refractivity contribution in [3.63, 3.8) is 0 Å². The Morgan fingerprint density at radius 2 is 1.79 bits per heavy atom. The second kappa shape index (κ2) is 9.09. The number of carboxylic acids is 1. The van der Waals surface area contributed by atoms with Crippen LogP contribution >= 0.6 is 0 Å². The maximum absolute atomic E-state index is 12.5. The van der Waals surface area contributed by atoms with Gasteiger partial charge < -0.3 is 15.7 Å². The Kier molecular flexibility index (Phi) is 6.10. The number of carboxylic acid groups (broad SMARTS) is 1. The molecule has 0 saturated heterocycles. The Hall–Kier alpha value is -4.00. The van der Waals surface area contributed by atoms with Crippen LogP contribution in [-0.4, -0.2) is 27.0 Å². The fourth-order valence-corrected chi connectivity index (χ4v) is 2.49. The normalized spacial score (nSPS) is 10.6. The Balaban J connectivity index is 1.63. The van der Waals surface area contributed by atoms with Crippen molar-refractivity contribution in [2.45, 2.75) is 6.54 Å². The van der Waals surface area contributed by atoms with E-state index in [0.717, 1.165) is 17.2 Å². The zero-order chi connectivity index (χ0) is 19.8. The summed E-state index contributed by atoms with van der Waals surface area (Å²) < 4.78 is 0. The summed E-state index contributed by atoms with van der Waals surface area (Å²) in [5, 5.41) is 14.6. The Labute approximate surface area is 161 Å². The number of aliphatic carboxylic acids is 1. The van der Waals surface area contributed by atoms with E-state index < -0.39 is 5.97 Å². The van der Waals surface area contributed by atoms with Gasteiger partial charge in [-0.05, 0) is 47.5 Å². The van der Waals surface area contributed by atoms with E-state index in [4.69, 9.17) is 5.11 Å². The molecule has 1 heterocycles. The largest absolute Gasteiger partial charge is 0.478 e. The summed E-state index contributed by atoms with van der Waals surface area (Å²) in [4.78, 5) is 31.3. The molecule has 0 aliphatic carbocycles. The Morgan fingerprint density at radius 3 is 2.57 bits per heavy atom. The van der Waals surface area contributed by atoms with Crippen LogP contribution in [0, 0.1) is 0 Å². The van der Waals surface area contributed by atoms with Gasteiger partial charge in [-0.1, -0.05) is 24.3 Å². The van der Waals surface area contributed by atoms with Crippen molar-refractivity contribution in [2.75, 3.05) is 5.32 Å². The van der Waals surface area contributed by atoms with Gasteiger partial charge in [0.05, 0.1) is 0 Å². The Morgan fingerprint density at radius 1 is 1.00 bits per heavy atom. The number of benzene rings is 2. The first kappa shape index (κ1) is 18.8. The summed E-state index contributed by atoms with van der Waals surface area (Å²) in [5.74, 6) is -0.775. The molecule has 0 saturated carbocycles. The standard InChI is InChI=1S/C21H18N4O3/c26-19(27)9-8-15-4-1-5-16(12-15)14-24-20(28)17-6-2-7-18(13-17)25-21-22-10-3-11-23-21/h1-13H,14H2,(H,24,28)(H,26,27)(H,22,23,25). The van der Waals surface area contributed by atoms with Crippen LogP contribution in [0.1, 0.15) is 21.5 Å². The molecule has 0 bridgehead atoms. The van der Waals surface area contributed by atoms with E-state index in [9.17, 15) is 9.59 Å². The summed E-state index contributed by atoms with van der Waals surface area (Å²) in [5.41, 5.74) is 2.83. The predicted molar refractivity (Wildman–Crippen MR) is 106 cm³/mol. The first-order valence-electron chi connectivity index (χ1n) is 8.52. The van der Waals surface area contributed by atoms with Crippen LogP contribution in [-0.2, 0) is 11.3 Å². The lowest BCUT2D eigenvalue weighted by Gasteiger charge is -2.09. The molecule has 0 atom stereocenters. The molecule has 140 valence electrons. The summed E-state index contributed by atoms with van der Waals surface area (Å²) in [6.07, 6.45) is 5.85. The van der Waals surface area contributed by atoms with Crippen molar-refractivity contribution in [3.05, 3.63) is 89.8 Å². The van der Waals surface area contributed by atoms with Crippen LogP contribution in [0.2, 0.25) is 0 Å². The highest BCUT2D eigenvalue weighted by Crippen LogP contribution is 2.14. The molecule has 0 spiro atoms. The van der Waals surface area contributed by atoms with Gasteiger partial charge in [-0.15, -0.1) is 0 Å². The van der Waals surface area contributed by atoms with Gasteiger partial charge in [-0.3, -0.25) is 4.79 Å². The number of anilines is 2. The SMILES string of the molecule is O=C(O)C=Cc1cccc(CNC(=O)c2cccc(Nc3ncccn3)c2)c1. The van der Waals surface area contributed by atoms with Crippen molar-refractivity contribution in [1.29, 1.82) is 0 Å². The van der Waals surface area contributed by atoms with Crippen LogP contribution in [0.5, 0.6) is 0 Å². The van der Waals surface area contributed by atoms with E-state index in [2.05, 4.69) is 20.6 Å². The molecule has 2 aromatic carbocycles. The number of hydrogen-bond acceptors (Lipinski definition) is 5. The molecule has 0 unspecified atom stereocenters. The summed E-state index contributed by atoms with van der Waals surface area (Å²) in [6, 6.07) is 16.1. The number of hydrogen-bond donors (Lipinski definition) is 3. The number of rotatable bonds is 7. The fraction of sp³-hybridized carbons (Fsp3) is 0.0476. The Bertz CT molecular complexity index is 1000. The zero-order valence-electron chi connectivity index (χ0n) is 14.9. The van der Waals surface area contributed by atoms with Crippen LogP contribution < -0.4 is 10.6 Å². The van der Waals surface area contributed by atoms with Gasteiger partial charge in [0.15, 0.2) is 0 Å². The lowest BCUT2D eigenvalue weighted by atomic mass is 10.1. The molecule has 0 aliphatic rings. The maximum Gasteiger partial charge on any atom is 0.328 e. The van der Waals surface area contributed by atoms with Gasteiger partial charge in [0.1, 0.15) is 0 Å². The second-order valence-corrected chi connectivity index (χ2v) is 5.88. The molecule has 7 nitrogen and oxygen atoms in total. The predicted octanol–water partition coefficient (Wildman–Crippen LogP) is 3.25. The van der Waals surface area contributed by atoms with E-state index in [-0.39, 0.29) is 5.91 Å². The van der Waals surface area contributed by atoms with Crippen LogP contribution in [0.15, 0.2) is 73.1 Å². The van der Waals surface area contributed by atoms with E-state index in [1.54, 1.807) is 42.7 Å².